The van der Waals surface area contributed by atoms with E-state index in [1.807, 2.05) is 48.3 Å². The molecule has 6 nitrogen and oxygen atoms in total. The van der Waals surface area contributed by atoms with Crippen LogP contribution in [-0.2, 0) is 13.6 Å². The van der Waals surface area contributed by atoms with Crippen molar-refractivity contribution in [3.05, 3.63) is 65.6 Å². The number of aromatic nitrogens is 3. The van der Waals surface area contributed by atoms with Gasteiger partial charge in [-0.25, -0.2) is 9.25 Å². The lowest BCUT2D eigenvalue weighted by atomic mass is 10.3. The van der Waals surface area contributed by atoms with Gasteiger partial charge in [0.25, 0.3) is 0 Å². The number of nitrogens with zero attached hydrogens (tertiary/aromatic N) is 5. The number of nitrogens with two attached hydrogens (primary N) is 1. The lowest BCUT2D eigenvalue weighted by Gasteiger charge is -2.03. The lowest BCUT2D eigenvalue weighted by molar-refractivity contribution is -0.671. The highest BCUT2D eigenvalue weighted by Gasteiger charge is 2.08. The van der Waals surface area contributed by atoms with Crippen molar-refractivity contribution in [2.45, 2.75) is 6.54 Å². The SMILES string of the molecule is C[n+]1ccc(Cn2ncc(N=Nc3ccccc3Cl)c2N)cc1.[Cl-]. The van der Waals surface area contributed by atoms with Crippen LogP contribution in [0.4, 0.5) is 17.2 Å². The number of halogens is 2. The lowest BCUT2D eigenvalue weighted by Crippen LogP contribution is -3.00. The normalized spacial score (nSPS) is 10.8. The second-order valence-corrected chi connectivity index (χ2v) is 5.50. The molecule has 0 aliphatic heterocycles. The first-order valence-corrected chi connectivity index (χ1v) is 7.43. The molecule has 0 amide bonds. The van der Waals surface area contributed by atoms with E-state index in [9.17, 15) is 0 Å². The van der Waals surface area contributed by atoms with Crippen molar-refractivity contribution in [1.29, 1.82) is 0 Å². The van der Waals surface area contributed by atoms with Crippen molar-refractivity contribution >= 4 is 28.8 Å². The van der Waals surface area contributed by atoms with E-state index in [0.717, 1.165) is 5.56 Å². The van der Waals surface area contributed by atoms with Crippen molar-refractivity contribution in [2.75, 3.05) is 5.73 Å². The van der Waals surface area contributed by atoms with Gasteiger partial charge in [-0.05, 0) is 17.7 Å². The van der Waals surface area contributed by atoms with Crippen LogP contribution in [0.5, 0.6) is 0 Å². The van der Waals surface area contributed by atoms with Crippen LogP contribution in [0, 0.1) is 0 Å². The van der Waals surface area contributed by atoms with E-state index in [-0.39, 0.29) is 12.4 Å². The van der Waals surface area contributed by atoms with Gasteiger partial charge in [0.15, 0.2) is 12.4 Å². The van der Waals surface area contributed by atoms with E-state index in [1.54, 1.807) is 23.0 Å². The van der Waals surface area contributed by atoms with Gasteiger partial charge in [0.05, 0.1) is 17.8 Å². The topological polar surface area (TPSA) is 72.4 Å². The highest BCUT2D eigenvalue weighted by molar-refractivity contribution is 6.32. The van der Waals surface area contributed by atoms with Gasteiger partial charge in [-0.3, -0.25) is 0 Å². The highest BCUT2D eigenvalue weighted by Crippen LogP contribution is 2.28. The Kier molecular flexibility index (Phi) is 5.89. The third-order valence-corrected chi connectivity index (χ3v) is 3.68. The Morgan fingerprint density at radius 3 is 2.50 bits per heavy atom. The summed E-state index contributed by atoms with van der Waals surface area (Å²) in [6.07, 6.45) is 5.55. The molecule has 2 aromatic heterocycles. The zero-order valence-corrected chi connectivity index (χ0v) is 14.5. The molecule has 24 heavy (non-hydrogen) atoms. The Labute approximate surface area is 151 Å². The quantitative estimate of drug-likeness (QED) is 0.539. The summed E-state index contributed by atoms with van der Waals surface area (Å²) in [7, 11) is 1.97. The van der Waals surface area contributed by atoms with Gasteiger partial charge in [-0.1, -0.05) is 23.7 Å². The Morgan fingerprint density at radius 1 is 1.12 bits per heavy atom. The van der Waals surface area contributed by atoms with E-state index in [0.29, 0.717) is 28.8 Å². The predicted molar refractivity (Wildman–Crippen MR) is 89.0 cm³/mol. The van der Waals surface area contributed by atoms with Gasteiger partial charge < -0.3 is 18.1 Å². The summed E-state index contributed by atoms with van der Waals surface area (Å²) < 4.78 is 3.66. The summed E-state index contributed by atoms with van der Waals surface area (Å²) in [6, 6.07) is 11.3. The fourth-order valence-electron chi connectivity index (χ4n) is 2.04. The van der Waals surface area contributed by atoms with E-state index in [2.05, 4.69) is 15.3 Å². The number of azo groups is 1. The van der Waals surface area contributed by atoms with Gasteiger partial charge in [-0.2, -0.15) is 5.10 Å². The molecule has 2 heterocycles. The van der Waals surface area contributed by atoms with Crippen molar-refractivity contribution in [3.63, 3.8) is 0 Å². The first-order valence-electron chi connectivity index (χ1n) is 7.05. The Bertz CT molecular complexity index is 842. The largest absolute Gasteiger partial charge is 1.00 e. The summed E-state index contributed by atoms with van der Waals surface area (Å²) in [5.74, 6) is 0.467. The van der Waals surface area contributed by atoms with Crippen molar-refractivity contribution in [3.8, 4) is 0 Å². The number of aryl methyl sites for hydroxylation is 1. The number of nitrogen functional groups attached to an aromatic ring is 1. The standard InChI is InChI=1S/C16H16ClN6.ClH/c1-22-8-6-12(7-9-22)11-23-16(18)15(10-19-23)21-20-14-5-3-2-4-13(14)17;/h2-10H,11,18H2,1H3;1H/q+1;/p-1. The third kappa shape index (κ3) is 4.10. The Hall–Kier alpha value is -2.44. The van der Waals surface area contributed by atoms with Crippen LogP contribution in [0.2, 0.25) is 5.02 Å². The van der Waals surface area contributed by atoms with E-state index in [1.165, 1.54) is 0 Å². The fraction of sp³-hybridized carbons (Fsp3) is 0.125. The molecule has 3 aromatic rings. The summed E-state index contributed by atoms with van der Waals surface area (Å²) in [5, 5.41) is 13.1. The number of benzene rings is 1. The second-order valence-electron chi connectivity index (χ2n) is 5.10. The molecule has 124 valence electrons. The average molecular weight is 363 g/mol. The van der Waals surface area contributed by atoms with Crippen LogP contribution in [0.15, 0.2) is 65.2 Å². The van der Waals surface area contributed by atoms with Crippen LogP contribution in [0.25, 0.3) is 0 Å². The Balaban J connectivity index is 0.00000208. The van der Waals surface area contributed by atoms with Crippen LogP contribution < -0.4 is 22.7 Å². The van der Waals surface area contributed by atoms with E-state index < -0.39 is 0 Å². The minimum absolute atomic E-state index is 0. The molecule has 0 fully saturated rings. The molecule has 0 atom stereocenters. The molecule has 2 N–H and O–H groups in total. The molecule has 1 aromatic carbocycles. The summed E-state index contributed by atoms with van der Waals surface area (Å²) in [5.41, 5.74) is 8.31. The summed E-state index contributed by atoms with van der Waals surface area (Å²) in [6.45, 7) is 0.578. The predicted octanol–water partition coefficient (Wildman–Crippen LogP) is 0.411. The zero-order valence-electron chi connectivity index (χ0n) is 13.0. The summed E-state index contributed by atoms with van der Waals surface area (Å²) >= 11 is 6.05. The van der Waals surface area contributed by atoms with Gasteiger partial charge in [0, 0.05) is 12.1 Å². The number of hydrogen-bond acceptors (Lipinski definition) is 4. The molecular weight excluding hydrogens is 347 g/mol. The highest BCUT2D eigenvalue weighted by atomic mass is 35.5. The number of anilines is 1. The van der Waals surface area contributed by atoms with E-state index >= 15 is 0 Å². The molecular formula is C16H16Cl2N6. The van der Waals surface area contributed by atoms with Gasteiger partial charge in [0.1, 0.15) is 24.2 Å². The smallest absolute Gasteiger partial charge is 0.168 e. The average Bonchev–Trinajstić information content (AvgIpc) is 2.89. The third-order valence-electron chi connectivity index (χ3n) is 3.36. The molecule has 0 unspecified atom stereocenters. The fourth-order valence-corrected chi connectivity index (χ4v) is 2.21. The molecule has 0 spiro atoms. The van der Waals surface area contributed by atoms with Crippen LogP contribution >= 0.6 is 11.6 Å². The maximum atomic E-state index is 6.09. The van der Waals surface area contributed by atoms with Crippen LogP contribution in [0.1, 0.15) is 5.56 Å². The maximum Gasteiger partial charge on any atom is 0.168 e. The van der Waals surface area contributed by atoms with E-state index in [4.69, 9.17) is 17.3 Å². The van der Waals surface area contributed by atoms with Gasteiger partial charge in [0.2, 0.25) is 0 Å². The molecule has 0 aliphatic rings. The van der Waals surface area contributed by atoms with Crippen LogP contribution in [0.3, 0.4) is 0 Å². The molecule has 0 aliphatic carbocycles. The minimum Gasteiger partial charge on any atom is -1.00 e. The minimum atomic E-state index is 0. The molecule has 8 heteroatoms. The van der Waals surface area contributed by atoms with Crippen molar-refractivity contribution in [1.82, 2.24) is 9.78 Å². The summed E-state index contributed by atoms with van der Waals surface area (Å²) in [4.78, 5) is 0. The molecule has 0 bridgehead atoms. The van der Waals surface area contributed by atoms with Crippen molar-refractivity contribution in [2.24, 2.45) is 17.3 Å². The zero-order chi connectivity index (χ0) is 16.2. The first kappa shape index (κ1) is 17.9. The van der Waals surface area contributed by atoms with Gasteiger partial charge >= 0.3 is 0 Å². The molecule has 0 saturated carbocycles. The first-order chi connectivity index (χ1) is 11.1. The number of rotatable bonds is 4. The Morgan fingerprint density at radius 2 is 1.79 bits per heavy atom. The molecule has 3 rings (SSSR count). The molecule has 0 saturated heterocycles. The monoisotopic (exact) mass is 362 g/mol. The maximum absolute atomic E-state index is 6.09. The van der Waals surface area contributed by atoms with Crippen LogP contribution in [-0.4, -0.2) is 9.78 Å². The second kappa shape index (κ2) is 7.90. The molecule has 0 radical (unpaired) electrons. The van der Waals surface area contributed by atoms with Gasteiger partial charge in [-0.15, -0.1) is 10.2 Å². The van der Waals surface area contributed by atoms with Crippen molar-refractivity contribution < 1.29 is 17.0 Å². The number of pyridine rings is 1. The number of hydrogen-bond donors (Lipinski definition) is 1.